The van der Waals surface area contributed by atoms with Crippen LogP contribution in [-0.4, -0.2) is 68.5 Å². The van der Waals surface area contributed by atoms with Gasteiger partial charge in [-0.3, -0.25) is 23.0 Å². The van der Waals surface area contributed by atoms with E-state index in [0.717, 1.165) is 6.92 Å². The molecular formula is C3H8F6O14S4. The van der Waals surface area contributed by atoms with E-state index in [-0.39, 0.29) is 0 Å². The minimum absolute atomic E-state index is 0.833. The maximum Gasteiger partial charge on any atom is 0.522 e. The number of aliphatic carboxylic acids is 1. The molecule has 0 rings (SSSR count). The summed E-state index contributed by atoms with van der Waals surface area (Å²) in [6.07, 6.45) is 0. The van der Waals surface area contributed by atoms with Gasteiger partial charge in [-0.25, -0.2) is 0 Å². The van der Waals surface area contributed by atoms with Crippen molar-refractivity contribution in [1.82, 2.24) is 0 Å². The van der Waals surface area contributed by atoms with E-state index >= 15 is 0 Å². The summed E-state index contributed by atoms with van der Waals surface area (Å²) < 4.78 is 160. The van der Waals surface area contributed by atoms with Crippen molar-refractivity contribution in [3.8, 4) is 0 Å². The van der Waals surface area contributed by atoms with Gasteiger partial charge >= 0.3 is 47.1 Å². The van der Waals surface area contributed by atoms with Crippen LogP contribution in [0.5, 0.6) is 0 Å². The molecule has 0 heterocycles. The van der Waals surface area contributed by atoms with E-state index in [9.17, 15) is 24.8 Å². The predicted octanol–water partition coefficient (Wildman–Crippen LogP) is -0.239. The van der Waals surface area contributed by atoms with Crippen molar-refractivity contribution < 1.29 is 86.6 Å². The van der Waals surface area contributed by atoms with Crippen LogP contribution in [0.1, 0.15) is 6.92 Å². The lowest BCUT2D eigenvalue weighted by Crippen LogP contribution is -2.21. The maximum absolute atomic E-state index is 10.7. The van der Waals surface area contributed by atoms with Crippen LogP contribution in [0.2, 0.25) is 0 Å². The molecule has 14 nitrogen and oxygen atoms in total. The van der Waals surface area contributed by atoms with Gasteiger partial charge in [-0.2, -0.15) is 46.8 Å². The molecule has 0 aliphatic rings. The van der Waals surface area contributed by atoms with Gasteiger partial charge in [0.05, 0.1) is 0 Å². The standard InChI is InChI=1S/C2H4O2.CHF3O3S.3FHO3S/c1-2(3)4;2-1(3,4)8(5,6)7;3*1-5(2,3)4/h1H3,(H,3,4);(H,5,6,7);3*(H,2,3,4). The zero-order valence-corrected chi connectivity index (χ0v) is 15.1. The first-order valence-corrected chi connectivity index (χ1v) is 9.69. The van der Waals surface area contributed by atoms with Crippen LogP contribution in [0.3, 0.4) is 0 Å². The second kappa shape index (κ2) is 13.8. The molecule has 170 valence electrons. The summed E-state index contributed by atoms with van der Waals surface area (Å²) in [5, 5.41) is 7.42. The molecule has 0 spiro atoms. The Bertz CT molecular complexity index is 718. The molecule has 0 atom stereocenters. The lowest BCUT2D eigenvalue weighted by Gasteiger charge is -1.97. The largest absolute Gasteiger partial charge is 0.522 e. The summed E-state index contributed by atoms with van der Waals surface area (Å²) in [6.45, 7) is 1.08. The molecule has 0 fully saturated rings. The molecule has 0 bridgehead atoms. The molecular weight excluding hydrogens is 502 g/mol. The van der Waals surface area contributed by atoms with Crippen molar-refractivity contribution in [2.24, 2.45) is 0 Å². The highest BCUT2D eigenvalue weighted by molar-refractivity contribution is 7.86. The zero-order valence-electron chi connectivity index (χ0n) is 11.8. The first-order chi connectivity index (χ1) is 11.0. The van der Waals surface area contributed by atoms with Gasteiger partial charge in [0.2, 0.25) is 0 Å². The van der Waals surface area contributed by atoms with Crippen LogP contribution in [0.4, 0.5) is 24.8 Å². The van der Waals surface area contributed by atoms with Crippen LogP contribution in [0.15, 0.2) is 0 Å². The summed E-state index contributed by atoms with van der Waals surface area (Å²) in [4.78, 5) is 9.00. The number of hydrogen-bond acceptors (Lipinski definition) is 9. The molecule has 0 radical (unpaired) electrons. The van der Waals surface area contributed by atoms with Crippen molar-refractivity contribution >= 4 is 47.6 Å². The van der Waals surface area contributed by atoms with Gasteiger partial charge in [-0.05, 0) is 0 Å². The topological polar surface area (TPSA) is 255 Å². The van der Waals surface area contributed by atoms with Crippen LogP contribution in [0.25, 0.3) is 0 Å². The Morgan fingerprint density at radius 1 is 0.667 bits per heavy atom. The third kappa shape index (κ3) is 215. The van der Waals surface area contributed by atoms with E-state index in [4.69, 9.17) is 61.8 Å². The molecule has 5 N–H and O–H groups in total. The second-order valence-electron chi connectivity index (χ2n) is 2.68. The average Bonchev–Trinajstić information content (AvgIpc) is 2.01. The first kappa shape index (κ1) is 36.6. The summed E-state index contributed by atoms with van der Waals surface area (Å²) in [5.74, 6) is -0.833. The first-order valence-electron chi connectivity index (χ1n) is 4.23. The van der Waals surface area contributed by atoms with Crippen molar-refractivity contribution in [2.75, 3.05) is 0 Å². The van der Waals surface area contributed by atoms with Crippen molar-refractivity contribution in [3.05, 3.63) is 0 Å². The van der Waals surface area contributed by atoms with Crippen LogP contribution in [0, 0.1) is 0 Å². The minimum Gasteiger partial charge on any atom is -0.481 e. The Balaban J connectivity index is -0.0000000766. The Morgan fingerprint density at radius 3 is 0.704 bits per heavy atom. The fraction of sp³-hybridized carbons (Fsp3) is 0.667. The molecule has 0 aromatic carbocycles. The van der Waals surface area contributed by atoms with Crippen molar-refractivity contribution in [2.45, 2.75) is 12.4 Å². The molecule has 0 unspecified atom stereocenters. The molecule has 0 aliphatic carbocycles. The molecule has 24 heteroatoms. The molecule has 27 heavy (non-hydrogen) atoms. The number of carbonyl (C=O) groups is 1. The van der Waals surface area contributed by atoms with E-state index in [0.29, 0.717) is 0 Å². The van der Waals surface area contributed by atoms with Gasteiger partial charge < -0.3 is 5.11 Å². The van der Waals surface area contributed by atoms with Gasteiger partial charge in [-0.15, -0.1) is 0 Å². The molecule has 0 saturated heterocycles. The number of carboxylic acid groups (broad SMARTS) is 1. The number of carboxylic acids is 1. The van der Waals surface area contributed by atoms with Gasteiger partial charge in [0, 0.05) is 6.92 Å². The summed E-state index contributed by atoms with van der Waals surface area (Å²) in [6, 6.07) is 0. The molecule has 0 aromatic heterocycles. The van der Waals surface area contributed by atoms with E-state index in [2.05, 4.69) is 0 Å². The third-order valence-corrected chi connectivity index (χ3v) is 0.877. The number of halogens is 6. The van der Waals surface area contributed by atoms with Gasteiger partial charge in [0.15, 0.2) is 0 Å². The third-order valence-electron chi connectivity index (χ3n) is 0.292. The fourth-order valence-electron chi connectivity index (χ4n) is 0. The normalized spacial score (nSPS) is 11.5. The van der Waals surface area contributed by atoms with Crippen molar-refractivity contribution in [1.29, 1.82) is 0 Å². The zero-order chi connectivity index (χ0) is 24.1. The summed E-state index contributed by atoms with van der Waals surface area (Å²) in [5.41, 5.74) is -5.53. The van der Waals surface area contributed by atoms with Crippen LogP contribution < -0.4 is 0 Å². The number of rotatable bonds is 0. The summed E-state index contributed by atoms with van der Waals surface area (Å²) >= 11 is 0. The maximum atomic E-state index is 10.7. The van der Waals surface area contributed by atoms with Crippen LogP contribution >= 0.6 is 0 Å². The van der Waals surface area contributed by atoms with Gasteiger partial charge in [-0.1, -0.05) is 11.7 Å². The smallest absolute Gasteiger partial charge is 0.481 e. The molecule has 0 aliphatic heterocycles. The number of alkyl halides is 3. The second-order valence-corrected chi connectivity index (χ2v) is 6.56. The highest BCUT2D eigenvalue weighted by atomic mass is 32.3. The molecule has 0 amide bonds. The number of hydrogen-bond donors (Lipinski definition) is 5. The fourth-order valence-corrected chi connectivity index (χ4v) is 0. The SMILES string of the molecule is CC(=O)O.O=S(=O)(O)C(F)(F)F.O=S(=O)(O)F.O=S(=O)(O)F.O=S(=O)(O)F. The monoisotopic (exact) mass is 510 g/mol. The Hall–Kier alpha value is -1.31. The van der Waals surface area contributed by atoms with E-state index in [1.54, 1.807) is 0 Å². The average molecular weight is 510 g/mol. The highest BCUT2D eigenvalue weighted by Crippen LogP contribution is 2.20. The predicted molar refractivity (Wildman–Crippen MR) is 68.9 cm³/mol. The Labute approximate surface area is 147 Å². The molecule has 0 saturated carbocycles. The Morgan fingerprint density at radius 2 is 0.704 bits per heavy atom. The Kier molecular flexibility index (Phi) is 18.7. The minimum atomic E-state index is -5.84. The highest BCUT2D eigenvalue weighted by Gasteiger charge is 2.44. The van der Waals surface area contributed by atoms with Crippen LogP contribution in [-0.2, 0) is 46.4 Å². The quantitative estimate of drug-likeness (QED) is 0.122. The van der Waals surface area contributed by atoms with Gasteiger partial charge in [0.1, 0.15) is 0 Å². The van der Waals surface area contributed by atoms with Crippen molar-refractivity contribution in [3.63, 3.8) is 0 Å². The molecule has 0 aromatic rings. The van der Waals surface area contributed by atoms with E-state index in [1.807, 2.05) is 0 Å². The van der Waals surface area contributed by atoms with E-state index in [1.165, 1.54) is 0 Å². The lowest BCUT2D eigenvalue weighted by molar-refractivity contribution is -0.134. The van der Waals surface area contributed by atoms with E-state index < -0.39 is 53.1 Å². The summed E-state index contributed by atoms with van der Waals surface area (Å²) in [7, 11) is -21.3. The lowest BCUT2D eigenvalue weighted by atomic mass is 10.9. The van der Waals surface area contributed by atoms with Gasteiger partial charge in [0.25, 0.3) is 5.97 Å².